The minimum Gasteiger partial charge on any atom is -0.481 e. The number of hydrogen-bond donors (Lipinski definition) is 6. The fourth-order valence-corrected chi connectivity index (χ4v) is 1.70. The molecular formula is C11H12ClN5O8. The lowest BCUT2D eigenvalue weighted by Crippen LogP contribution is -2.34. The molecule has 0 aliphatic rings. The second-order valence-electron chi connectivity index (χ2n) is 4.52. The Hall–Kier alpha value is -3.22. The average Bonchev–Trinajstić information content (AvgIpc) is 2.44. The molecule has 0 radical (unpaired) electrons. The molecule has 0 amide bonds. The molecule has 1 aromatic heterocycles. The van der Waals surface area contributed by atoms with Crippen LogP contribution in [-0.2, 0) is 19.2 Å². The van der Waals surface area contributed by atoms with Crippen molar-refractivity contribution in [3.8, 4) is 0 Å². The summed E-state index contributed by atoms with van der Waals surface area (Å²) in [5.41, 5.74) is 0. The normalized spacial score (nSPS) is 12.7. The predicted octanol–water partition coefficient (Wildman–Crippen LogP) is -0.795. The van der Waals surface area contributed by atoms with Gasteiger partial charge in [0.2, 0.25) is 17.2 Å². The van der Waals surface area contributed by atoms with Gasteiger partial charge in [-0.25, -0.2) is 9.59 Å². The summed E-state index contributed by atoms with van der Waals surface area (Å²) in [5.74, 6) is -6.66. The van der Waals surface area contributed by atoms with Crippen LogP contribution in [-0.4, -0.2) is 71.3 Å². The number of carboxylic acids is 4. The van der Waals surface area contributed by atoms with E-state index in [0.29, 0.717) is 0 Å². The van der Waals surface area contributed by atoms with Gasteiger partial charge in [-0.15, -0.1) is 0 Å². The SMILES string of the molecule is O=C(O)CC(Nc1nc(Cl)nc(NC(CC(=O)O)C(=O)O)n1)C(=O)O. The number of carbonyl (C=O) groups is 4. The summed E-state index contributed by atoms with van der Waals surface area (Å²) >= 11 is 5.62. The molecule has 25 heavy (non-hydrogen) atoms. The van der Waals surface area contributed by atoms with Gasteiger partial charge in [0.05, 0.1) is 12.8 Å². The van der Waals surface area contributed by atoms with Gasteiger partial charge in [-0.2, -0.15) is 15.0 Å². The first-order valence-electron chi connectivity index (χ1n) is 6.42. The second kappa shape index (κ2) is 8.58. The number of anilines is 2. The Bertz CT molecular complexity index is 645. The van der Waals surface area contributed by atoms with E-state index in [0.717, 1.165) is 0 Å². The van der Waals surface area contributed by atoms with Crippen LogP contribution >= 0.6 is 11.6 Å². The van der Waals surface area contributed by atoms with Crippen molar-refractivity contribution >= 4 is 47.4 Å². The number of rotatable bonds is 10. The molecule has 0 bridgehead atoms. The van der Waals surface area contributed by atoms with E-state index in [1.54, 1.807) is 0 Å². The Kier molecular flexibility index (Phi) is 6.81. The Balaban J connectivity index is 3.01. The Morgan fingerprint density at radius 2 is 1.16 bits per heavy atom. The van der Waals surface area contributed by atoms with Crippen LogP contribution in [0.25, 0.3) is 0 Å². The van der Waals surface area contributed by atoms with E-state index < -0.39 is 66.0 Å². The van der Waals surface area contributed by atoms with Crippen LogP contribution in [0.2, 0.25) is 5.28 Å². The molecule has 2 atom stereocenters. The highest BCUT2D eigenvalue weighted by Gasteiger charge is 2.24. The van der Waals surface area contributed by atoms with Crippen molar-refractivity contribution in [2.75, 3.05) is 10.6 Å². The van der Waals surface area contributed by atoms with Gasteiger partial charge >= 0.3 is 23.9 Å². The third-order valence-corrected chi connectivity index (χ3v) is 2.74. The van der Waals surface area contributed by atoms with Gasteiger partial charge < -0.3 is 31.1 Å². The molecule has 0 aliphatic carbocycles. The quantitative estimate of drug-likeness (QED) is 0.295. The number of hydrogen-bond acceptors (Lipinski definition) is 9. The Morgan fingerprint density at radius 1 is 0.800 bits per heavy atom. The molecule has 2 unspecified atom stereocenters. The topological polar surface area (TPSA) is 212 Å². The molecule has 14 heteroatoms. The van der Waals surface area contributed by atoms with Crippen molar-refractivity contribution in [2.24, 2.45) is 0 Å². The van der Waals surface area contributed by atoms with Gasteiger partial charge in [0, 0.05) is 0 Å². The maximum Gasteiger partial charge on any atom is 0.326 e. The standard InChI is InChI=1S/C11H12ClN5O8/c12-9-15-10(13-3(7(22)23)1-5(18)19)17-11(16-9)14-4(8(24)25)2-6(20)21/h3-4H,1-2H2,(H,18,19)(H,20,21)(H,22,23)(H,24,25)(H2,13,14,15,16,17). The molecular weight excluding hydrogens is 366 g/mol. The van der Waals surface area contributed by atoms with Crippen LogP contribution in [0.15, 0.2) is 0 Å². The molecule has 0 spiro atoms. The van der Waals surface area contributed by atoms with Gasteiger partial charge in [0.25, 0.3) is 0 Å². The molecule has 0 fully saturated rings. The van der Waals surface area contributed by atoms with Gasteiger partial charge in [-0.05, 0) is 11.6 Å². The second-order valence-corrected chi connectivity index (χ2v) is 4.86. The zero-order valence-electron chi connectivity index (χ0n) is 12.2. The number of carboxylic acid groups (broad SMARTS) is 4. The number of nitrogens with zero attached hydrogens (tertiary/aromatic N) is 3. The third-order valence-electron chi connectivity index (χ3n) is 2.57. The first-order valence-corrected chi connectivity index (χ1v) is 6.80. The van der Waals surface area contributed by atoms with Crippen molar-refractivity contribution in [1.29, 1.82) is 0 Å². The van der Waals surface area contributed by atoms with Gasteiger partial charge in [0.15, 0.2) is 0 Å². The molecule has 1 heterocycles. The molecule has 13 nitrogen and oxygen atoms in total. The number of nitrogens with one attached hydrogen (secondary N) is 2. The Morgan fingerprint density at radius 3 is 1.44 bits per heavy atom. The molecule has 0 saturated carbocycles. The highest BCUT2D eigenvalue weighted by Crippen LogP contribution is 2.13. The lowest BCUT2D eigenvalue weighted by molar-refractivity contribution is -0.144. The fraction of sp³-hybridized carbons (Fsp3) is 0.364. The first-order chi connectivity index (χ1) is 11.6. The van der Waals surface area contributed by atoms with E-state index in [2.05, 4.69) is 25.6 Å². The summed E-state index contributed by atoms with van der Waals surface area (Å²) in [6.45, 7) is 0. The maximum absolute atomic E-state index is 11.0. The van der Waals surface area contributed by atoms with Gasteiger partial charge in [-0.3, -0.25) is 9.59 Å². The van der Waals surface area contributed by atoms with Crippen molar-refractivity contribution < 1.29 is 39.6 Å². The summed E-state index contributed by atoms with van der Waals surface area (Å²) in [6.07, 6.45) is -1.59. The summed E-state index contributed by atoms with van der Waals surface area (Å²) in [4.78, 5) is 54.1. The van der Waals surface area contributed by atoms with Crippen molar-refractivity contribution in [3.63, 3.8) is 0 Å². The van der Waals surface area contributed by atoms with Crippen molar-refractivity contribution in [1.82, 2.24) is 15.0 Å². The minimum atomic E-state index is -1.59. The van der Waals surface area contributed by atoms with E-state index in [1.807, 2.05) is 0 Å². The van der Waals surface area contributed by atoms with E-state index in [-0.39, 0.29) is 0 Å². The van der Waals surface area contributed by atoms with Crippen LogP contribution in [0.1, 0.15) is 12.8 Å². The van der Waals surface area contributed by atoms with E-state index in [9.17, 15) is 19.2 Å². The van der Waals surface area contributed by atoms with E-state index in [1.165, 1.54) is 0 Å². The zero-order valence-corrected chi connectivity index (χ0v) is 13.0. The summed E-state index contributed by atoms with van der Waals surface area (Å²) in [5, 5.41) is 39.2. The fourth-order valence-electron chi connectivity index (χ4n) is 1.54. The average molecular weight is 378 g/mol. The molecule has 0 saturated heterocycles. The first kappa shape index (κ1) is 19.8. The number of aromatic nitrogens is 3. The van der Waals surface area contributed by atoms with Gasteiger partial charge in [-0.1, -0.05) is 0 Å². The molecule has 1 aromatic rings. The smallest absolute Gasteiger partial charge is 0.326 e. The van der Waals surface area contributed by atoms with Gasteiger partial charge in [0.1, 0.15) is 12.1 Å². The van der Waals surface area contributed by atoms with Crippen LogP contribution in [0.5, 0.6) is 0 Å². The summed E-state index contributed by atoms with van der Waals surface area (Å²) in [6, 6.07) is -3.17. The molecule has 0 aromatic carbocycles. The predicted molar refractivity (Wildman–Crippen MR) is 79.4 cm³/mol. The molecule has 1 rings (SSSR count). The maximum atomic E-state index is 11.0. The van der Waals surface area contributed by atoms with Crippen molar-refractivity contribution in [3.05, 3.63) is 5.28 Å². The number of aliphatic carboxylic acids is 4. The summed E-state index contributed by atoms with van der Waals surface area (Å²) < 4.78 is 0. The highest BCUT2D eigenvalue weighted by atomic mass is 35.5. The monoisotopic (exact) mass is 377 g/mol. The van der Waals surface area contributed by atoms with E-state index >= 15 is 0 Å². The zero-order chi connectivity index (χ0) is 19.1. The lowest BCUT2D eigenvalue weighted by atomic mass is 10.2. The van der Waals surface area contributed by atoms with Crippen LogP contribution in [0.3, 0.4) is 0 Å². The lowest BCUT2D eigenvalue weighted by Gasteiger charge is -2.15. The number of halogens is 1. The molecule has 136 valence electrons. The summed E-state index contributed by atoms with van der Waals surface area (Å²) in [7, 11) is 0. The third kappa shape index (κ3) is 6.82. The molecule has 0 aliphatic heterocycles. The van der Waals surface area contributed by atoms with E-state index in [4.69, 9.17) is 32.0 Å². The van der Waals surface area contributed by atoms with Crippen LogP contribution < -0.4 is 10.6 Å². The van der Waals surface area contributed by atoms with Crippen LogP contribution in [0.4, 0.5) is 11.9 Å². The van der Waals surface area contributed by atoms with Crippen molar-refractivity contribution in [2.45, 2.75) is 24.9 Å². The Labute approximate surface area is 143 Å². The minimum absolute atomic E-state index is 0.435. The highest BCUT2D eigenvalue weighted by molar-refractivity contribution is 6.28. The largest absolute Gasteiger partial charge is 0.481 e. The molecule has 6 N–H and O–H groups in total. The van der Waals surface area contributed by atoms with Crippen LogP contribution in [0, 0.1) is 0 Å².